The number of hydrogen-bond donors (Lipinski definition) is 5. The van der Waals surface area contributed by atoms with Gasteiger partial charge in [-0.3, -0.25) is 19.7 Å². The summed E-state index contributed by atoms with van der Waals surface area (Å²) in [5, 5.41) is 23.0. The van der Waals surface area contributed by atoms with Gasteiger partial charge in [0.25, 0.3) is 5.91 Å². The minimum atomic E-state index is -3.36. The number of carbonyl (C=O) groups is 4. The van der Waals surface area contributed by atoms with Gasteiger partial charge in [-0.15, -0.1) is 6.58 Å². The second-order valence-corrected chi connectivity index (χ2v) is 17.1. The van der Waals surface area contributed by atoms with Gasteiger partial charge in [0.1, 0.15) is 12.3 Å². The first-order valence-corrected chi connectivity index (χ1v) is 19.2. The molecule has 0 aliphatic carbocycles. The van der Waals surface area contributed by atoms with Crippen molar-refractivity contribution in [1.29, 1.82) is 0 Å². The molecule has 0 aromatic heterocycles. The second kappa shape index (κ2) is 18.4. The Morgan fingerprint density at radius 2 is 1.71 bits per heavy atom. The third-order valence-electron chi connectivity index (χ3n) is 9.49. The van der Waals surface area contributed by atoms with Crippen molar-refractivity contribution in [3.05, 3.63) is 12.7 Å². The van der Waals surface area contributed by atoms with Crippen molar-refractivity contribution >= 4 is 33.7 Å². The van der Waals surface area contributed by atoms with Gasteiger partial charge in [0.05, 0.1) is 17.8 Å². The lowest BCUT2D eigenvalue weighted by molar-refractivity contribution is -0.142. The van der Waals surface area contributed by atoms with E-state index in [4.69, 9.17) is 0 Å². The normalized spacial score (nSPS) is 22.3. The number of sulfonamides is 1. The SMILES string of the molecule is C=CCNC(=O)C(=O)C(CCCCC)NC(O)[C@@H]1[C@@H](C(C)C)CCN1C(=O)[C@@H](NC(=O)N[C@H](CN1CCCS1(=O)=O)C(C)C)C(C)(C)C. The van der Waals surface area contributed by atoms with E-state index in [2.05, 4.69) is 27.8 Å². The Balaban J connectivity index is 2.31. The van der Waals surface area contributed by atoms with Crippen molar-refractivity contribution in [2.75, 3.05) is 31.9 Å². The molecule has 5 N–H and O–H groups in total. The Morgan fingerprint density at radius 3 is 2.23 bits per heavy atom. The number of urea groups is 1. The molecule has 276 valence electrons. The molecular weight excluding hydrogens is 636 g/mol. The van der Waals surface area contributed by atoms with E-state index in [1.807, 2.05) is 55.4 Å². The highest BCUT2D eigenvalue weighted by Gasteiger charge is 2.47. The summed E-state index contributed by atoms with van der Waals surface area (Å²) < 4.78 is 26.3. The average Bonchev–Trinajstić information content (AvgIpc) is 3.59. The molecule has 0 radical (unpaired) electrons. The van der Waals surface area contributed by atoms with Crippen molar-refractivity contribution < 1.29 is 32.7 Å². The van der Waals surface area contributed by atoms with Crippen LogP contribution >= 0.6 is 0 Å². The highest BCUT2D eigenvalue weighted by molar-refractivity contribution is 7.89. The highest BCUT2D eigenvalue weighted by atomic mass is 32.2. The van der Waals surface area contributed by atoms with Crippen LogP contribution in [0.5, 0.6) is 0 Å². The number of carbonyl (C=O) groups excluding carboxylic acids is 4. The van der Waals surface area contributed by atoms with E-state index in [9.17, 15) is 32.7 Å². The van der Waals surface area contributed by atoms with E-state index in [0.717, 1.165) is 12.8 Å². The van der Waals surface area contributed by atoms with Crippen LogP contribution in [0.1, 0.15) is 93.9 Å². The maximum absolute atomic E-state index is 14.4. The zero-order valence-electron chi connectivity index (χ0n) is 30.4. The van der Waals surface area contributed by atoms with E-state index in [1.165, 1.54) is 10.4 Å². The van der Waals surface area contributed by atoms with Crippen LogP contribution in [0.15, 0.2) is 12.7 Å². The fraction of sp³-hybridized carbons (Fsp3) is 0.824. The first-order valence-electron chi connectivity index (χ1n) is 17.6. The van der Waals surface area contributed by atoms with Gasteiger partial charge in [-0.1, -0.05) is 80.7 Å². The molecule has 48 heavy (non-hydrogen) atoms. The second-order valence-electron chi connectivity index (χ2n) is 15.0. The van der Waals surface area contributed by atoms with Crippen molar-refractivity contribution in [2.24, 2.45) is 23.2 Å². The van der Waals surface area contributed by atoms with Gasteiger partial charge in [-0.25, -0.2) is 13.2 Å². The number of amides is 4. The molecule has 2 aliphatic rings. The van der Waals surface area contributed by atoms with Gasteiger partial charge in [0.15, 0.2) is 0 Å². The number of hydrogen-bond acceptors (Lipinski definition) is 8. The molecular formula is C34H62N6O7S. The van der Waals surface area contributed by atoms with Crippen molar-refractivity contribution in [1.82, 2.24) is 30.5 Å². The maximum atomic E-state index is 14.4. The summed E-state index contributed by atoms with van der Waals surface area (Å²) in [7, 11) is -3.36. The molecule has 6 atom stereocenters. The number of unbranched alkanes of at least 4 members (excludes halogenated alkanes) is 2. The van der Waals surface area contributed by atoms with Gasteiger partial charge < -0.3 is 26.0 Å². The van der Waals surface area contributed by atoms with Crippen LogP contribution in [-0.2, 0) is 24.4 Å². The monoisotopic (exact) mass is 698 g/mol. The number of rotatable bonds is 18. The summed E-state index contributed by atoms with van der Waals surface area (Å²) in [5.41, 5.74) is -0.721. The zero-order valence-corrected chi connectivity index (χ0v) is 31.2. The molecule has 2 heterocycles. The summed E-state index contributed by atoms with van der Waals surface area (Å²) in [6.45, 7) is 20.0. The quantitative estimate of drug-likeness (QED) is 0.0627. The molecule has 0 aromatic carbocycles. The number of ketones is 1. The van der Waals surface area contributed by atoms with Crippen molar-refractivity contribution in [2.45, 2.75) is 124 Å². The molecule has 2 unspecified atom stereocenters. The minimum absolute atomic E-state index is 0.0712. The fourth-order valence-corrected chi connectivity index (χ4v) is 8.07. The van der Waals surface area contributed by atoms with Gasteiger partial charge in [0.2, 0.25) is 21.7 Å². The molecule has 14 heteroatoms. The Labute approximate surface area is 288 Å². The Bertz CT molecular complexity index is 1220. The van der Waals surface area contributed by atoms with E-state index in [-0.39, 0.29) is 42.5 Å². The lowest BCUT2D eigenvalue weighted by Gasteiger charge is -2.40. The van der Waals surface area contributed by atoms with Gasteiger partial charge in [0, 0.05) is 32.2 Å². The minimum Gasteiger partial charge on any atom is -0.376 e. The van der Waals surface area contributed by atoms with Crippen LogP contribution in [0.3, 0.4) is 0 Å². The zero-order chi connectivity index (χ0) is 36.4. The number of aliphatic hydroxyl groups excluding tert-OH is 1. The van der Waals surface area contributed by atoms with Crippen molar-refractivity contribution in [3.8, 4) is 0 Å². The van der Waals surface area contributed by atoms with Gasteiger partial charge >= 0.3 is 6.03 Å². The van der Waals surface area contributed by atoms with Crippen LogP contribution in [0.25, 0.3) is 0 Å². The Kier molecular flexibility index (Phi) is 16.0. The molecule has 0 aromatic rings. The maximum Gasteiger partial charge on any atom is 0.315 e. The number of aliphatic hydroxyl groups is 1. The van der Waals surface area contributed by atoms with Crippen LogP contribution < -0.4 is 21.3 Å². The Morgan fingerprint density at radius 1 is 1.04 bits per heavy atom. The van der Waals surface area contributed by atoms with E-state index in [0.29, 0.717) is 38.8 Å². The predicted octanol–water partition coefficient (Wildman–Crippen LogP) is 2.36. The average molecular weight is 699 g/mol. The first-order chi connectivity index (χ1) is 22.3. The summed E-state index contributed by atoms with van der Waals surface area (Å²) in [4.78, 5) is 55.2. The molecule has 13 nitrogen and oxygen atoms in total. The number of nitrogens with zero attached hydrogens (tertiary/aromatic N) is 2. The molecule has 4 amide bonds. The van der Waals surface area contributed by atoms with Gasteiger partial charge in [-0.05, 0) is 42.4 Å². The number of Topliss-reactive ketones (excluding diaryl/α,β-unsaturated/α-hetero) is 1. The van der Waals surface area contributed by atoms with E-state index >= 15 is 0 Å². The van der Waals surface area contributed by atoms with Crippen LogP contribution in [0.2, 0.25) is 0 Å². The molecule has 2 saturated heterocycles. The summed E-state index contributed by atoms with van der Waals surface area (Å²) in [6, 6.07) is -3.70. The lowest BCUT2D eigenvalue weighted by Crippen LogP contribution is -2.63. The summed E-state index contributed by atoms with van der Waals surface area (Å²) >= 11 is 0. The summed E-state index contributed by atoms with van der Waals surface area (Å²) in [6.07, 6.45) is 4.12. The van der Waals surface area contributed by atoms with Crippen LogP contribution in [0, 0.1) is 23.2 Å². The third-order valence-corrected chi connectivity index (χ3v) is 11.4. The largest absolute Gasteiger partial charge is 0.376 e. The van der Waals surface area contributed by atoms with E-state index < -0.39 is 63.6 Å². The fourth-order valence-electron chi connectivity index (χ4n) is 6.53. The summed E-state index contributed by atoms with van der Waals surface area (Å²) in [5.74, 6) is -1.81. The van der Waals surface area contributed by atoms with E-state index in [1.54, 1.807) is 4.90 Å². The first kappa shape index (κ1) is 41.6. The smallest absolute Gasteiger partial charge is 0.315 e. The van der Waals surface area contributed by atoms with Crippen LogP contribution in [-0.4, -0.2) is 109 Å². The predicted molar refractivity (Wildman–Crippen MR) is 187 cm³/mol. The van der Waals surface area contributed by atoms with Gasteiger partial charge in [-0.2, -0.15) is 4.31 Å². The molecule has 2 rings (SSSR count). The molecule has 0 bridgehead atoms. The van der Waals surface area contributed by atoms with Crippen LogP contribution in [0.4, 0.5) is 4.79 Å². The standard InChI is InChI=1S/C34H62N6O7S/c1-10-12-13-15-25(28(41)31(43)35-17-11-2)36-30(42)27-24(22(3)4)16-19-40(27)32(44)29(34(7,8)9)38-33(45)37-26(23(5)6)21-39-18-14-20-48(39,46)47/h11,22-27,29-30,36,42H,2,10,12-21H2,1,3-9H3,(H,35,43)(H2,37,38,45)/t24-,25?,26-,27+,29-,30?/m1/s1. The topological polar surface area (TPSA) is 177 Å². The highest BCUT2D eigenvalue weighted by Crippen LogP contribution is 2.34. The molecule has 0 spiro atoms. The third kappa shape index (κ3) is 11.5. The number of likely N-dealkylation sites (tertiary alicyclic amines) is 1. The molecule has 2 fully saturated rings. The number of nitrogens with one attached hydrogen (secondary N) is 4. The van der Waals surface area contributed by atoms with Crippen molar-refractivity contribution in [3.63, 3.8) is 0 Å². The molecule has 0 saturated carbocycles. The molecule has 2 aliphatic heterocycles. The Hall–Kier alpha value is -2.55. The lowest BCUT2D eigenvalue weighted by atomic mass is 9.84.